The van der Waals surface area contributed by atoms with Crippen LogP contribution in [0.5, 0.6) is 0 Å². The number of aromatic nitrogens is 2. The molecule has 26 heavy (non-hydrogen) atoms. The first-order chi connectivity index (χ1) is 12.4. The van der Waals surface area contributed by atoms with Gasteiger partial charge >= 0.3 is 0 Å². The second-order valence-corrected chi connectivity index (χ2v) is 7.27. The minimum atomic E-state index is -0.838. The van der Waals surface area contributed by atoms with E-state index in [-0.39, 0.29) is 10.6 Å². The molecule has 1 saturated heterocycles. The van der Waals surface area contributed by atoms with Gasteiger partial charge in [0.15, 0.2) is 6.29 Å². The molecular weight excluding hydrogens is 354 g/mol. The molecule has 7 heteroatoms. The summed E-state index contributed by atoms with van der Waals surface area (Å²) in [5.74, 6) is 0. The van der Waals surface area contributed by atoms with Gasteiger partial charge in [0.05, 0.1) is 17.5 Å². The number of aliphatic hydroxyl groups excluding tert-OH is 1. The summed E-state index contributed by atoms with van der Waals surface area (Å²) in [6.45, 7) is 5.07. The highest BCUT2D eigenvalue weighted by Crippen LogP contribution is 2.35. The Bertz CT molecular complexity index is 814. The van der Waals surface area contributed by atoms with Crippen LogP contribution in [-0.4, -0.2) is 40.3 Å². The molecule has 0 spiro atoms. The van der Waals surface area contributed by atoms with Gasteiger partial charge in [-0.05, 0) is 37.8 Å². The SMILES string of the molecule is Cc1ccccc1CC1(OC(C)O)CCN(c2cn[nH]c(=O)c2Cl)CC1. The van der Waals surface area contributed by atoms with Crippen molar-refractivity contribution in [3.05, 3.63) is 57.0 Å². The number of anilines is 1. The molecule has 1 aliphatic rings. The van der Waals surface area contributed by atoms with E-state index in [4.69, 9.17) is 16.3 Å². The quantitative estimate of drug-likeness (QED) is 0.783. The molecule has 2 heterocycles. The maximum atomic E-state index is 11.7. The average Bonchev–Trinajstić information content (AvgIpc) is 2.60. The Labute approximate surface area is 157 Å². The van der Waals surface area contributed by atoms with Gasteiger partial charge in [0, 0.05) is 19.5 Å². The number of benzene rings is 1. The molecule has 0 bridgehead atoms. The van der Waals surface area contributed by atoms with Crippen molar-refractivity contribution in [2.24, 2.45) is 0 Å². The third-order valence-corrected chi connectivity index (χ3v) is 5.35. The molecule has 2 aromatic rings. The van der Waals surface area contributed by atoms with Crippen LogP contribution in [0.1, 0.15) is 30.9 Å². The molecule has 0 amide bonds. The maximum absolute atomic E-state index is 11.7. The molecular formula is C19H24ClN3O3. The smallest absolute Gasteiger partial charge is 0.285 e. The minimum absolute atomic E-state index is 0.155. The maximum Gasteiger partial charge on any atom is 0.285 e. The Morgan fingerprint density at radius 1 is 1.38 bits per heavy atom. The number of ether oxygens (including phenoxy) is 1. The van der Waals surface area contributed by atoms with E-state index in [9.17, 15) is 9.90 Å². The lowest BCUT2D eigenvalue weighted by Crippen LogP contribution is -2.49. The molecule has 1 aromatic heterocycles. The predicted molar refractivity (Wildman–Crippen MR) is 102 cm³/mol. The van der Waals surface area contributed by atoms with Crippen LogP contribution in [0.4, 0.5) is 5.69 Å². The molecule has 2 N–H and O–H groups in total. The van der Waals surface area contributed by atoms with Gasteiger partial charge in [-0.3, -0.25) is 4.79 Å². The largest absolute Gasteiger partial charge is 0.369 e. The molecule has 0 aliphatic carbocycles. The summed E-state index contributed by atoms with van der Waals surface area (Å²) in [6, 6.07) is 8.23. The molecule has 6 nitrogen and oxygen atoms in total. The second-order valence-electron chi connectivity index (χ2n) is 6.89. The topological polar surface area (TPSA) is 78.5 Å². The number of nitrogens with zero attached hydrogens (tertiary/aromatic N) is 2. The van der Waals surface area contributed by atoms with Crippen LogP contribution in [0.25, 0.3) is 0 Å². The lowest BCUT2D eigenvalue weighted by molar-refractivity contribution is -0.183. The fourth-order valence-corrected chi connectivity index (χ4v) is 3.81. The van der Waals surface area contributed by atoms with Crippen LogP contribution in [0.3, 0.4) is 0 Å². The number of aryl methyl sites for hydroxylation is 1. The number of nitrogens with one attached hydrogen (secondary N) is 1. The zero-order valence-corrected chi connectivity index (χ0v) is 15.8. The van der Waals surface area contributed by atoms with E-state index in [1.54, 1.807) is 13.1 Å². The second kappa shape index (κ2) is 7.78. The summed E-state index contributed by atoms with van der Waals surface area (Å²) in [6.07, 6.45) is 2.91. The van der Waals surface area contributed by atoms with E-state index in [1.165, 1.54) is 11.1 Å². The standard InChI is InChI=1S/C19H24ClN3O3/c1-13-5-3-4-6-15(13)11-19(26-14(2)24)7-9-23(10-8-19)16-12-21-22-18(25)17(16)20/h3-6,12,14,24H,7-11H2,1-2H3,(H,22,25). The van der Waals surface area contributed by atoms with Crippen LogP contribution < -0.4 is 10.5 Å². The Hall–Kier alpha value is -1.89. The van der Waals surface area contributed by atoms with Crippen molar-refractivity contribution >= 4 is 17.3 Å². The number of halogens is 1. The number of aromatic amines is 1. The highest BCUT2D eigenvalue weighted by atomic mass is 35.5. The van der Waals surface area contributed by atoms with E-state index in [1.807, 2.05) is 17.0 Å². The zero-order valence-electron chi connectivity index (χ0n) is 15.0. The highest BCUT2D eigenvalue weighted by molar-refractivity contribution is 6.32. The Morgan fingerprint density at radius 3 is 2.73 bits per heavy atom. The van der Waals surface area contributed by atoms with E-state index in [0.29, 0.717) is 18.8 Å². The fourth-order valence-electron chi connectivity index (χ4n) is 3.60. The molecule has 140 valence electrons. The van der Waals surface area contributed by atoms with Gasteiger partial charge in [0.2, 0.25) is 0 Å². The Kier molecular flexibility index (Phi) is 5.65. The first-order valence-electron chi connectivity index (χ1n) is 8.79. The monoisotopic (exact) mass is 377 g/mol. The Balaban J connectivity index is 1.80. The van der Waals surface area contributed by atoms with Crippen molar-refractivity contribution in [2.45, 2.75) is 45.0 Å². The van der Waals surface area contributed by atoms with Crippen LogP contribution in [0.2, 0.25) is 5.02 Å². The van der Waals surface area contributed by atoms with Crippen LogP contribution in [0.15, 0.2) is 35.3 Å². The van der Waals surface area contributed by atoms with Gasteiger partial charge < -0.3 is 14.7 Å². The van der Waals surface area contributed by atoms with Crippen LogP contribution >= 0.6 is 11.6 Å². The van der Waals surface area contributed by atoms with Crippen molar-refractivity contribution in [3.63, 3.8) is 0 Å². The number of hydrogen-bond acceptors (Lipinski definition) is 5. The van der Waals surface area contributed by atoms with Crippen molar-refractivity contribution in [1.29, 1.82) is 0 Å². The minimum Gasteiger partial charge on any atom is -0.369 e. The van der Waals surface area contributed by atoms with Crippen molar-refractivity contribution < 1.29 is 9.84 Å². The summed E-state index contributed by atoms with van der Waals surface area (Å²) in [5, 5.41) is 16.2. The zero-order chi connectivity index (χ0) is 18.7. The van der Waals surface area contributed by atoms with Crippen LogP contribution in [-0.2, 0) is 11.2 Å². The molecule has 1 fully saturated rings. The number of aliphatic hydroxyl groups is 1. The van der Waals surface area contributed by atoms with E-state index in [0.717, 1.165) is 19.3 Å². The predicted octanol–water partition coefficient (Wildman–Crippen LogP) is 2.67. The van der Waals surface area contributed by atoms with Crippen LogP contribution in [0, 0.1) is 6.92 Å². The van der Waals surface area contributed by atoms with Gasteiger partial charge in [-0.15, -0.1) is 0 Å². The third kappa shape index (κ3) is 4.09. The fraction of sp³-hybridized carbons (Fsp3) is 0.474. The molecule has 1 aliphatic heterocycles. The van der Waals surface area contributed by atoms with Gasteiger partial charge in [-0.2, -0.15) is 5.10 Å². The molecule has 1 aromatic carbocycles. The van der Waals surface area contributed by atoms with Gasteiger partial charge in [0.1, 0.15) is 5.02 Å². The average molecular weight is 378 g/mol. The van der Waals surface area contributed by atoms with Gasteiger partial charge in [-0.1, -0.05) is 35.9 Å². The summed E-state index contributed by atoms with van der Waals surface area (Å²) in [7, 11) is 0. The van der Waals surface area contributed by atoms with Crippen molar-refractivity contribution in [1.82, 2.24) is 10.2 Å². The number of rotatable bonds is 5. The molecule has 1 unspecified atom stereocenters. The lowest BCUT2D eigenvalue weighted by atomic mass is 9.83. The number of piperidine rings is 1. The van der Waals surface area contributed by atoms with Gasteiger partial charge in [0.25, 0.3) is 5.56 Å². The Morgan fingerprint density at radius 2 is 2.08 bits per heavy atom. The van der Waals surface area contributed by atoms with Crippen molar-refractivity contribution in [2.75, 3.05) is 18.0 Å². The molecule has 1 atom stereocenters. The summed E-state index contributed by atoms with van der Waals surface area (Å²) >= 11 is 6.14. The van der Waals surface area contributed by atoms with Gasteiger partial charge in [-0.25, -0.2) is 5.10 Å². The number of hydrogen-bond donors (Lipinski definition) is 2. The molecule has 0 saturated carbocycles. The summed E-state index contributed by atoms with van der Waals surface area (Å²) in [4.78, 5) is 13.7. The van der Waals surface area contributed by atoms with E-state index >= 15 is 0 Å². The molecule has 3 rings (SSSR count). The first-order valence-corrected chi connectivity index (χ1v) is 9.16. The first kappa shape index (κ1) is 18.9. The van der Waals surface area contributed by atoms with E-state index < -0.39 is 11.9 Å². The van der Waals surface area contributed by atoms with E-state index in [2.05, 4.69) is 29.3 Å². The summed E-state index contributed by atoms with van der Waals surface area (Å²) < 4.78 is 5.99. The molecule has 0 radical (unpaired) electrons. The summed E-state index contributed by atoms with van der Waals surface area (Å²) in [5.41, 5.74) is 2.23. The highest BCUT2D eigenvalue weighted by Gasteiger charge is 2.38. The third-order valence-electron chi connectivity index (χ3n) is 4.99. The lowest BCUT2D eigenvalue weighted by Gasteiger charge is -2.43. The number of H-pyrrole nitrogens is 1. The normalized spacial score (nSPS) is 17.9. The van der Waals surface area contributed by atoms with Crippen molar-refractivity contribution in [3.8, 4) is 0 Å².